The third-order valence-corrected chi connectivity index (χ3v) is 7.69. The predicted octanol–water partition coefficient (Wildman–Crippen LogP) is 3.37. The molecule has 0 radical (unpaired) electrons. The zero-order chi connectivity index (χ0) is 21.3. The molecule has 2 heterocycles. The van der Waals surface area contributed by atoms with Gasteiger partial charge in [0, 0.05) is 24.7 Å². The Kier molecular flexibility index (Phi) is 4.32. The maximum Gasteiger partial charge on any atom is 0.347 e. The van der Waals surface area contributed by atoms with E-state index in [-0.39, 0.29) is 17.2 Å². The maximum absolute atomic E-state index is 13.5. The number of esters is 1. The lowest BCUT2D eigenvalue weighted by Crippen LogP contribution is -2.59. The van der Waals surface area contributed by atoms with Crippen LogP contribution in [-0.4, -0.2) is 47.8 Å². The van der Waals surface area contributed by atoms with Crippen LogP contribution in [0.25, 0.3) is 0 Å². The van der Waals surface area contributed by atoms with Crippen molar-refractivity contribution in [2.24, 2.45) is 11.8 Å². The van der Waals surface area contributed by atoms with Crippen LogP contribution in [0.1, 0.15) is 30.4 Å². The highest BCUT2D eigenvalue weighted by atomic mass is 19.1. The molecular weight excluding hydrogens is 388 g/mol. The van der Waals surface area contributed by atoms with Crippen molar-refractivity contribution in [1.82, 2.24) is 0 Å². The van der Waals surface area contributed by atoms with E-state index in [1.54, 1.807) is 0 Å². The van der Waals surface area contributed by atoms with Gasteiger partial charge in [-0.1, -0.05) is 24.3 Å². The Hall–Kier alpha value is -2.31. The number of halogens is 2. The van der Waals surface area contributed by atoms with Crippen molar-refractivity contribution in [2.45, 2.75) is 43.1 Å². The minimum absolute atomic E-state index is 0.193. The van der Waals surface area contributed by atoms with Gasteiger partial charge in [-0.15, -0.1) is 0 Å². The number of piperidine rings is 2. The molecule has 2 saturated heterocycles. The molecule has 5 rings (SSSR count). The fourth-order valence-electron chi connectivity index (χ4n) is 6.00. The highest BCUT2D eigenvalue weighted by Gasteiger charge is 2.68. The molecule has 3 fully saturated rings. The molecule has 2 aromatic carbocycles. The van der Waals surface area contributed by atoms with Crippen molar-refractivity contribution in [3.05, 3.63) is 71.3 Å². The van der Waals surface area contributed by atoms with Gasteiger partial charge in [0.1, 0.15) is 17.7 Å². The summed E-state index contributed by atoms with van der Waals surface area (Å²) in [6, 6.07) is 11.1. The van der Waals surface area contributed by atoms with E-state index in [0.717, 1.165) is 17.3 Å². The van der Waals surface area contributed by atoms with Crippen LogP contribution in [0.15, 0.2) is 48.5 Å². The van der Waals surface area contributed by atoms with E-state index >= 15 is 0 Å². The molecule has 4 atom stereocenters. The molecule has 0 aromatic heterocycles. The monoisotopic (exact) mass is 414 g/mol. The van der Waals surface area contributed by atoms with Crippen LogP contribution in [0.3, 0.4) is 0 Å². The number of benzene rings is 2. The van der Waals surface area contributed by atoms with Crippen LogP contribution in [-0.2, 0) is 15.1 Å². The highest BCUT2D eigenvalue weighted by molar-refractivity contribution is 5.85. The molecule has 2 aliphatic heterocycles. The van der Waals surface area contributed by atoms with E-state index < -0.39 is 23.2 Å². The normalized spacial score (nSPS) is 31.2. The first-order chi connectivity index (χ1) is 14.2. The van der Waals surface area contributed by atoms with E-state index in [1.165, 1.54) is 55.0 Å². The molecule has 4 nitrogen and oxygen atoms in total. The zero-order valence-electron chi connectivity index (χ0n) is 17.1. The number of ether oxygens (including phenoxy) is 1. The van der Waals surface area contributed by atoms with Crippen LogP contribution in [0, 0.1) is 23.5 Å². The van der Waals surface area contributed by atoms with Crippen molar-refractivity contribution in [3.63, 3.8) is 0 Å². The first kappa shape index (κ1) is 19.6. The first-order valence-corrected chi connectivity index (χ1v) is 10.5. The summed E-state index contributed by atoms with van der Waals surface area (Å²) >= 11 is 0. The molecule has 0 spiro atoms. The van der Waals surface area contributed by atoms with E-state index in [0.29, 0.717) is 23.9 Å². The molecule has 158 valence electrons. The van der Waals surface area contributed by atoms with Crippen molar-refractivity contribution in [2.75, 3.05) is 14.1 Å². The van der Waals surface area contributed by atoms with Gasteiger partial charge in [-0.3, -0.25) is 0 Å². The van der Waals surface area contributed by atoms with Crippen LogP contribution >= 0.6 is 0 Å². The molecule has 0 amide bonds. The van der Waals surface area contributed by atoms with Gasteiger partial charge >= 0.3 is 5.97 Å². The van der Waals surface area contributed by atoms with Crippen LogP contribution in [0.2, 0.25) is 0 Å². The number of fused-ring (bicyclic) bond motifs is 5. The van der Waals surface area contributed by atoms with Gasteiger partial charge in [0.25, 0.3) is 0 Å². The van der Waals surface area contributed by atoms with Crippen LogP contribution < -0.4 is 0 Å². The molecule has 2 aromatic rings. The molecule has 1 aliphatic carbocycles. The average Bonchev–Trinajstić information content (AvgIpc) is 3.47. The highest BCUT2D eigenvalue weighted by Crippen LogP contribution is 2.61. The van der Waals surface area contributed by atoms with E-state index in [9.17, 15) is 18.7 Å². The standard InChI is InChI=1S/C24H26F2NO3/c1-27(2)21-11-18(12-22(27)20-13-19(20)21)30-23(28)24(29,14-3-7-16(25)8-4-14)15-5-9-17(26)10-6-15/h3-10,18-22,29H,11-13H2,1-2H3/q+1. The molecular formula is C24H26F2NO3+. The van der Waals surface area contributed by atoms with Crippen molar-refractivity contribution < 1.29 is 27.9 Å². The Labute approximate surface area is 174 Å². The number of carbonyl (C=O) groups is 1. The van der Waals surface area contributed by atoms with Gasteiger partial charge in [-0.2, -0.15) is 0 Å². The minimum Gasteiger partial charge on any atom is -0.459 e. The van der Waals surface area contributed by atoms with Crippen LogP contribution in [0.5, 0.6) is 0 Å². The summed E-state index contributed by atoms with van der Waals surface area (Å²) in [6.45, 7) is 0. The van der Waals surface area contributed by atoms with Crippen molar-refractivity contribution >= 4 is 5.97 Å². The number of hydrogen-bond donors (Lipinski definition) is 1. The molecule has 1 saturated carbocycles. The second-order valence-corrected chi connectivity index (χ2v) is 9.55. The number of rotatable bonds is 4. The van der Waals surface area contributed by atoms with Gasteiger partial charge < -0.3 is 14.3 Å². The van der Waals surface area contributed by atoms with Crippen molar-refractivity contribution in [3.8, 4) is 0 Å². The third kappa shape index (κ3) is 2.88. The first-order valence-electron chi connectivity index (χ1n) is 10.5. The largest absolute Gasteiger partial charge is 0.459 e. The quantitative estimate of drug-likeness (QED) is 0.617. The summed E-state index contributed by atoms with van der Waals surface area (Å²) in [7, 11) is 4.51. The van der Waals surface area contributed by atoms with E-state index in [4.69, 9.17) is 4.74 Å². The second kappa shape index (κ2) is 6.59. The van der Waals surface area contributed by atoms with Gasteiger partial charge in [-0.05, 0) is 41.8 Å². The molecule has 2 bridgehead atoms. The summed E-state index contributed by atoms with van der Waals surface area (Å²) < 4.78 is 33.8. The maximum atomic E-state index is 13.5. The van der Waals surface area contributed by atoms with Gasteiger partial charge in [-0.25, -0.2) is 13.6 Å². The smallest absolute Gasteiger partial charge is 0.347 e. The fraction of sp³-hybridized carbons (Fsp3) is 0.458. The predicted molar refractivity (Wildman–Crippen MR) is 106 cm³/mol. The Morgan fingerprint density at radius 3 is 1.77 bits per heavy atom. The lowest BCUT2D eigenvalue weighted by atomic mass is 9.86. The summed E-state index contributed by atoms with van der Waals surface area (Å²) in [5.41, 5.74) is -1.75. The number of hydrogen-bond acceptors (Lipinski definition) is 3. The molecule has 3 aliphatic rings. The zero-order valence-corrected chi connectivity index (χ0v) is 17.1. The summed E-state index contributed by atoms with van der Waals surface area (Å²) in [5.74, 6) is -0.331. The Balaban J connectivity index is 1.44. The molecule has 30 heavy (non-hydrogen) atoms. The summed E-state index contributed by atoms with van der Waals surface area (Å²) in [4.78, 5) is 13.3. The Morgan fingerprint density at radius 2 is 1.33 bits per heavy atom. The Bertz CT molecular complexity index is 907. The van der Waals surface area contributed by atoms with Gasteiger partial charge in [0.2, 0.25) is 5.60 Å². The molecule has 6 heteroatoms. The number of carbonyl (C=O) groups excluding carboxylic acids is 1. The number of quaternary nitrogens is 1. The number of nitrogens with zero attached hydrogens (tertiary/aromatic N) is 1. The van der Waals surface area contributed by atoms with E-state index in [1.807, 2.05) is 0 Å². The van der Waals surface area contributed by atoms with E-state index in [2.05, 4.69) is 14.1 Å². The van der Waals surface area contributed by atoms with Crippen molar-refractivity contribution in [1.29, 1.82) is 0 Å². The van der Waals surface area contributed by atoms with Gasteiger partial charge in [0.05, 0.1) is 26.2 Å². The molecule has 4 unspecified atom stereocenters. The minimum atomic E-state index is -2.13. The topological polar surface area (TPSA) is 46.5 Å². The molecule has 1 N–H and O–H groups in total. The third-order valence-electron chi connectivity index (χ3n) is 7.69. The lowest BCUT2D eigenvalue weighted by molar-refractivity contribution is -0.937. The SMILES string of the molecule is C[N+]1(C)C2CC(OC(=O)C(O)(c3ccc(F)cc3)c3ccc(F)cc3)CC1C1CC12. The van der Waals surface area contributed by atoms with Gasteiger partial charge in [0.15, 0.2) is 0 Å². The summed E-state index contributed by atoms with van der Waals surface area (Å²) in [5, 5.41) is 11.5. The van der Waals surface area contributed by atoms with Crippen LogP contribution in [0.4, 0.5) is 8.78 Å². The second-order valence-electron chi connectivity index (χ2n) is 9.55. The average molecular weight is 414 g/mol. The Morgan fingerprint density at radius 1 is 0.900 bits per heavy atom. The number of aliphatic hydroxyl groups is 1. The summed E-state index contributed by atoms with van der Waals surface area (Å²) in [6.07, 6.45) is 2.56. The lowest BCUT2D eigenvalue weighted by Gasteiger charge is -2.46. The fourth-order valence-corrected chi connectivity index (χ4v) is 6.00.